The predicted molar refractivity (Wildman–Crippen MR) is 28.5 cm³/mol. The van der Waals surface area contributed by atoms with E-state index in [1.54, 1.807) is 0 Å². The highest BCUT2D eigenvalue weighted by molar-refractivity contribution is 5.46. The van der Waals surface area contributed by atoms with Crippen LogP contribution in [-0.2, 0) is 4.79 Å². The van der Waals surface area contributed by atoms with Gasteiger partial charge in [-0.25, -0.2) is 0 Å². The molecule has 43 valence electrons. The summed E-state index contributed by atoms with van der Waals surface area (Å²) >= 11 is 0. The molecule has 0 saturated carbocycles. The lowest BCUT2D eigenvalue weighted by Crippen LogP contribution is -2.11. The van der Waals surface area contributed by atoms with Crippen molar-refractivity contribution in [1.82, 2.24) is 5.32 Å². The van der Waals surface area contributed by atoms with Crippen LogP contribution < -0.4 is 5.32 Å². The average molecular weight is 111 g/mol. The lowest BCUT2D eigenvalue weighted by Gasteiger charge is -1.88. The van der Waals surface area contributed by atoms with Crippen molar-refractivity contribution in [3.63, 3.8) is 0 Å². The quantitative estimate of drug-likeness (QED) is 0.408. The van der Waals surface area contributed by atoms with Gasteiger partial charge in [0.05, 0.1) is 6.07 Å². The van der Waals surface area contributed by atoms with Crippen LogP contribution in [0.3, 0.4) is 0 Å². The minimum Gasteiger partial charge on any atom is -0.348 e. The molecule has 1 radical (unpaired) electrons. The van der Waals surface area contributed by atoms with Gasteiger partial charge in [0.15, 0.2) is 0 Å². The Morgan fingerprint density at radius 3 is 2.88 bits per heavy atom. The highest BCUT2D eigenvalue weighted by Gasteiger charge is 1.81. The summed E-state index contributed by atoms with van der Waals surface area (Å²) in [5.74, 6) is 0. The largest absolute Gasteiger partial charge is 0.348 e. The van der Waals surface area contributed by atoms with Crippen molar-refractivity contribution in [2.75, 3.05) is 6.54 Å². The Hall–Kier alpha value is -1.04. The number of amides is 1. The summed E-state index contributed by atoms with van der Waals surface area (Å²) in [6.07, 6.45) is 2.73. The van der Waals surface area contributed by atoms with Crippen LogP contribution in [0, 0.1) is 11.3 Å². The molecule has 0 aromatic carbocycles. The van der Waals surface area contributed by atoms with Crippen LogP contribution in [0.25, 0.3) is 0 Å². The van der Waals surface area contributed by atoms with E-state index in [2.05, 4.69) is 5.32 Å². The highest BCUT2D eigenvalue weighted by Crippen LogP contribution is 1.80. The molecule has 0 aromatic rings. The number of hydrogen-bond acceptors (Lipinski definition) is 2. The summed E-state index contributed by atoms with van der Waals surface area (Å²) in [7, 11) is 0. The van der Waals surface area contributed by atoms with Gasteiger partial charge in [-0.1, -0.05) is 0 Å². The molecular weight excluding hydrogens is 104 g/mol. The molecule has 0 unspecified atom stereocenters. The molecule has 1 N–H and O–H groups in total. The van der Waals surface area contributed by atoms with E-state index in [4.69, 9.17) is 5.26 Å². The second-order valence-corrected chi connectivity index (χ2v) is 1.29. The molecule has 8 heavy (non-hydrogen) atoms. The standard InChI is InChI=1S/C5H7N2O/c6-3-1-2-4-7-5-8/h1-2,4H2,(H,7,8). The van der Waals surface area contributed by atoms with Gasteiger partial charge in [0, 0.05) is 13.0 Å². The molecule has 0 aliphatic heterocycles. The Bertz CT molecular complexity index is 95.1. The van der Waals surface area contributed by atoms with Gasteiger partial charge in [0.1, 0.15) is 0 Å². The molecule has 3 nitrogen and oxygen atoms in total. The molecule has 0 aromatic heterocycles. The average Bonchev–Trinajstić information content (AvgIpc) is 1.81. The van der Waals surface area contributed by atoms with Crippen LogP contribution in [0.4, 0.5) is 0 Å². The maximum atomic E-state index is 9.45. The van der Waals surface area contributed by atoms with Crippen molar-refractivity contribution < 1.29 is 4.79 Å². The number of carbonyl (C=O) groups excluding carboxylic acids is 1. The summed E-state index contributed by atoms with van der Waals surface area (Å²) in [6.45, 7) is 0.553. The van der Waals surface area contributed by atoms with E-state index in [0.29, 0.717) is 19.4 Å². The van der Waals surface area contributed by atoms with E-state index in [0.717, 1.165) is 0 Å². The van der Waals surface area contributed by atoms with Crippen LogP contribution in [-0.4, -0.2) is 13.0 Å². The third kappa shape index (κ3) is 4.96. The van der Waals surface area contributed by atoms with E-state index in [9.17, 15) is 4.79 Å². The summed E-state index contributed by atoms with van der Waals surface area (Å²) in [5, 5.41) is 10.3. The molecule has 0 fully saturated rings. The zero-order chi connectivity index (χ0) is 6.24. The smallest absolute Gasteiger partial charge is 0.309 e. The molecular formula is C5H7N2O. The van der Waals surface area contributed by atoms with Gasteiger partial charge >= 0.3 is 6.41 Å². The van der Waals surface area contributed by atoms with E-state index in [1.807, 2.05) is 6.07 Å². The van der Waals surface area contributed by atoms with Gasteiger partial charge in [0.25, 0.3) is 0 Å². The van der Waals surface area contributed by atoms with E-state index >= 15 is 0 Å². The fourth-order valence-corrected chi connectivity index (χ4v) is 0.307. The number of nitrogens with zero attached hydrogens (tertiary/aromatic N) is 1. The van der Waals surface area contributed by atoms with Crippen LogP contribution >= 0.6 is 0 Å². The maximum absolute atomic E-state index is 9.45. The number of rotatable bonds is 4. The first-order valence-electron chi connectivity index (χ1n) is 2.38. The Balaban J connectivity index is 2.74. The fourth-order valence-electron chi connectivity index (χ4n) is 0.307. The van der Waals surface area contributed by atoms with Gasteiger partial charge < -0.3 is 5.32 Å². The first-order valence-corrected chi connectivity index (χ1v) is 2.38. The summed E-state index contributed by atoms with van der Waals surface area (Å²) in [6, 6.07) is 1.96. The minimum atomic E-state index is 0.495. The van der Waals surface area contributed by atoms with E-state index in [-0.39, 0.29) is 0 Å². The molecule has 1 amide bonds. The molecule has 0 atom stereocenters. The molecule has 0 rings (SSSR count). The topological polar surface area (TPSA) is 52.9 Å². The zero-order valence-corrected chi connectivity index (χ0v) is 4.48. The van der Waals surface area contributed by atoms with Gasteiger partial charge in [-0.2, -0.15) is 5.26 Å². The van der Waals surface area contributed by atoms with E-state index in [1.165, 1.54) is 6.41 Å². The van der Waals surface area contributed by atoms with Crippen LogP contribution in [0.1, 0.15) is 12.8 Å². The molecule has 0 spiro atoms. The van der Waals surface area contributed by atoms with Crippen molar-refractivity contribution in [1.29, 1.82) is 5.26 Å². The van der Waals surface area contributed by atoms with Gasteiger partial charge in [-0.15, -0.1) is 0 Å². The third-order valence-electron chi connectivity index (χ3n) is 0.663. The second-order valence-electron chi connectivity index (χ2n) is 1.29. The molecule has 0 bridgehead atoms. The minimum absolute atomic E-state index is 0.495. The molecule has 0 aliphatic rings. The van der Waals surface area contributed by atoms with Crippen LogP contribution in [0.2, 0.25) is 0 Å². The lowest BCUT2D eigenvalue weighted by atomic mass is 10.3. The van der Waals surface area contributed by atoms with Crippen LogP contribution in [0.5, 0.6) is 0 Å². The van der Waals surface area contributed by atoms with Crippen molar-refractivity contribution in [2.24, 2.45) is 0 Å². The summed E-state index contributed by atoms with van der Waals surface area (Å²) in [4.78, 5) is 9.45. The maximum Gasteiger partial charge on any atom is 0.309 e. The van der Waals surface area contributed by atoms with E-state index < -0.39 is 0 Å². The fraction of sp³-hybridized carbons (Fsp3) is 0.600. The van der Waals surface area contributed by atoms with Gasteiger partial charge in [0.2, 0.25) is 0 Å². The monoisotopic (exact) mass is 111 g/mol. The first-order chi connectivity index (χ1) is 3.91. The molecule has 3 heteroatoms. The molecule has 0 aliphatic carbocycles. The van der Waals surface area contributed by atoms with Crippen molar-refractivity contribution in [3.8, 4) is 6.07 Å². The molecule has 0 heterocycles. The van der Waals surface area contributed by atoms with Crippen molar-refractivity contribution in [3.05, 3.63) is 0 Å². The predicted octanol–water partition coefficient (Wildman–Crippen LogP) is -0.0530. The normalized spacial score (nSPS) is 7.38. The number of hydrogen-bond donors (Lipinski definition) is 1. The lowest BCUT2D eigenvalue weighted by molar-refractivity contribution is 0.541. The Labute approximate surface area is 48.3 Å². The number of unbranched alkanes of at least 4 members (excludes halogenated alkanes) is 1. The SMILES string of the molecule is N#CCCCN[C]=O. The molecule has 0 saturated heterocycles. The summed E-state index contributed by atoms with van der Waals surface area (Å²) < 4.78 is 0. The van der Waals surface area contributed by atoms with Gasteiger partial charge in [-0.05, 0) is 6.42 Å². The Morgan fingerprint density at radius 1 is 1.62 bits per heavy atom. The van der Waals surface area contributed by atoms with Crippen LogP contribution in [0.15, 0.2) is 0 Å². The highest BCUT2D eigenvalue weighted by atomic mass is 16.1. The Morgan fingerprint density at radius 2 is 2.38 bits per heavy atom. The number of nitriles is 1. The van der Waals surface area contributed by atoms with Gasteiger partial charge in [-0.3, -0.25) is 4.79 Å². The summed E-state index contributed by atoms with van der Waals surface area (Å²) in [5.41, 5.74) is 0. The zero-order valence-electron chi connectivity index (χ0n) is 4.48. The number of nitrogens with one attached hydrogen (secondary N) is 1. The third-order valence-corrected chi connectivity index (χ3v) is 0.663. The van der Waals surface area contributed by atoms with Crippen molar-refractivity contribution in [2.45, 2.75) is 12.8 Å². The first kappa shape index (κ1) is 6.96. The Kier molecular flexibility index (Phi) is 5.19. The van der Waals surface area contributed by atoms with Crippen molar-refractivity contribution >= 4 is 6.41 Å². The second kappa shape index (κ2) is 5.96.